The van der Waals surface area contributed by atoms with Gasteiger partial charge in [0.15, 0.2) is 0 Å². The van der Waals surface area contributed by atoms with Crippen LogP contribution in [0.25, 0.3) is 98.4 Å². The van der Waals surface area contributed by atoms with Crippen LogP contribution < -0.4 is 0 Å². The van der Waals surface area contributed by atoms with E-state index >= 15 is 0 Å². The van der Waals surface area contributed by atoms with Gasteiger partial charge >= 0.3 is 0 Å². The summed E-state index contributed by atoms with van der Waals surface area (Å²) in [6.45, 7) is 0. The molecule has 10 rings (SSSR count). The van der Waals surface area contributed by atoms with Crippen molar-refractivity contribution in [1.29, 1.82) is 0 Å². The largest absolute Gasteiger partial charge is 0.0616 e. The van der Waals surface area contributed by atoms with E-state index in [2.05, 4.69) is 194 Å². The van der Waals surface area contributed by atoms with E-state index in [1.165, 1.54) is 98.4 Å². The molecule has 0 aliphatic heterocycles. The summed E-state index contributed by atoms with van der Waals surface area (Å²) in [5.41, 5.74) is 9.87. The fraction of sp³-hybridized carbons (Fsp3) is 0. The Balaban J connectivity index is 0.973. The van der Waals surface area contributed by atoms with Crippen molar-refractivity contribution in [2.24, 2.45) is 0 Å². The summed E-state index contributed by atoms with van der Waals surface area (Å²) >= 11 is 0. The van der Waals surface area contributed by atoms with Crippen molar-refractivity contribution in [3.8, 4) is 44.5 Å². The predicted molar refractivity (Wildman–Crippen MR) is 216 cm³/mol. The van der Waals surface area contributed by atoms with Gasteiger partial charge in [-0.2, -0.15) is 0 Å². The molecular formula is C50H32. The van der Waals surface area contributed by atoms with Crippen LogP contribution in [0.1, 0.15) is 0 Å². The molecule has 0 aliphatic carbocycles. The molecule has 0 heterocycles. The van der Waals surface area contributed by atoms with E-state index < -0.39 is 0 Å². The second-order valence-electron chi connectivity index (χ2n) is 13.4. The lowest BCUT2D eigenvalue weighted by Crippen LogP contribution is -1.85. The molecule has 0 N–H and O–H groups in total. The molecule has 0 aliphatic rings. The zero-order valence-electron chi connectivity index (χ0n) is 27.5. The van der Waals surface area contributed by atoms with Crippen LogP contribution >= 0.6 is 0 Å². The summed E-state index contributed by atoms with van der Waals surface area (Å²) in [5, 5.41) is 12.7. The third-order valence-electron chi connectivity index (χ3n) is 10.4. The van der Waals surface area contributed by atoms with Gasteiger partial charge in [-0.25, -0.2) is 0 Å². The Morgan fingerprint density at radius 2 is 0.460 bits per heavy atom. The van der Waals surface area contributed by atoms with Crippen LogP contribution in [-0.4, -0.2) is 0 Å². The Hall–Kier alpha value is -6.50. The van der Waals surface area contributed by atoms with Crippen molar-refractivity contribution in [1.82, 2.24) is 0 Å². The van der Waals surface area contributed by atoms with Crippen molar-refractivity contribution in [3.63, 3.8) is 0 Å². The summed E-state index contributed by atoms with van der Waals surface area (Å²) in [4.78, 5) is 0. The van der Waals surface area contributed by atoms with E-state index in [9.17, 15) is 0 Å². The molecule has 232 valence electrons. The molecule has 0 saturated carbocycles. The second kappa shape index (κ2) is 11.6. The molecule has 0 heteroatoms. The van der Waals surface area contributed by atoms with Crippen molar-refractivity contribution in [2.45, 2.75) is 0 Å². The Labute approximate surface area is 291 Å². The van der Waals surface area contributed by atoms with Crippen LogP contribution in [0.2, 0.25) is 0 Å². The van der Waals surface area contributed by atoms with Crippen molar-refractivity contribution >= 4 is 53.9 Å². The lowest BCUT2D eigenvalue weighted by Gasteiger charge is -2.11. The zero-order chi connectivity index (χ0) is 33.0. The number of fused-ring (bicyclic) bond motifs is 6. The highest BCUT2D eigenvalue weighted by Crippen LogP contribution is 2.35. The van der Waals surface area contributed by atoms with Gasteiger partial charge < -0.3 is 0 Å². The van der Waals surface area contributed by atoms with E-state index in [1.54, 1.807) is 0 Å². The van der Waals surface area contributed by atoms with Crippen LogP contribution in [-0.2, 0) is 0 Å². The van der Waals surface area contributed by atoms with Gasteiger partial charge in [0.1, 0.15) is 0 Å². The molecular weight excluding hydrogens is 601 g/mol. The van der Waals surface area contributed by atoms with Crippen LogP contribution in [0, 0.1) is 0 Å². The van der Waals surface area contributed by atoms with E-state index in [0.717, 1.165) is 0 Å². The Morgan fingerprint density at radius 3 is 0.900 bits per heavy atom. The lowest BCUT2D eigenvalue weighted by atomic mass is 9.93. The molecule has 0 bridgehead atoms. The van der Waals surface area contributed by atoms with Gasteiger partial charge in [-0.3, -0.25) is 0 Å². The van der Waals surface area contributed by atoms with E-state index in [0.29, 0.717) is 0 Å². The highest BCUT2D eigenvalue weighted by Gasteiger charge is 2.09. The first-order valence-electron chi connectivity index (χ1n) is 17.3. The van der Waals surface area contributed by atoms with Gasteiger partial charge in [0.2, 0.25) is 0 Å². The first-order chi connectivity index (χ1) is 24.7. The third-order valence-corrected chi connectivity index (χ3v) is 10.4. The first-order valence-corrected chi connectivity index (χ1v) is 17.3. The molecule has 10 aromatic rings. The van der Waals surface area contributed by atoms with Crippen molar-refractivity contribution < 1.29 is 0 Å². The maximum Gasteiger partial charge on any atom is -0.0105 e. The second-order valence-corrected chi connectivity index (χ2v) is 13.4. The lowest BCUT2D eigenvalue weighted by molar-refractivity contribution is 1.61. The minimum Gasteiger partial charge on any atom is -0.0616 e. The average molecular weight is 633 g/mol. The van der Waals surface area contributed by atoms with Crippen LogP contribution in [0.5, 0.6) is 0 Å². The highest BCUT2D eigenvalue weighted by molar-refractivity contribution is 6.09. The molecule has 0 amide bonds. The summed E-state index contributed by atoms with van der Waals surface area (Å²) in [6, 6.07) is 71.5. The maximum absolute atomic E-state index is 2.33. The van der Waals surface area contributed by atoms with Gasteiger partial charge in [-0.15, -0.1) is 0 Å². The summed E-state index contributed by atoms with van der Waals surface area (Å²) in [5.74, 6) is 0. The average Bonchev–Trinajstić information content (AvgIpc) is 3.19. The molecule has 0 saturated heterocycles. The smallest absolute Gasteiger partial charge is 0.0105 e. The normalized spacial score (nSPS) is 11.6. The van der Waals surface area contributed by atoms with Crippen LogP contribution in [0.15, 0.2) is 194 Å². The standard InChI is InChI=1S/C50H32/c1-3-8-36-26-40(16-12-33(36)6-1)43-19-15-35-14-18-42(31-48(35)32-43)38-10-5-11-39(28-38)44-22-24-49-46(29-44)20-21-47-30-45(23-25-50(47)49)41-17-13-34-7-2-4-9-37(34)27-41/h1-32H. The number of benzene rings is 10. The summed E-state index contributed by atoms with van der Waals surface area (Å²) < 4.78 is 0. The minimum absolute atomic E-state index is 1.22. The van der Waals surface area contributed by atoms with Crippen LogP contribution in [0.4, 0.5) is 0 Å². The molecule has 0 spiro atoms. The Kier molecular flexibility index (Phi) is 6.60. The third kappa shape index (κ3) is 5.02. The van der Waals surface area contributed by atoms with Crippen LogP contribution in [0.3, 0.4) is 0 Å². The summed E-state index contributed by atoms with van der Waals surface area (Å²) in [7, 11) is 0. The number of rotatable bonds is 4. The molecule has 0 fully saturated rings. The number of hydrogen-bond acceptors (Lipinski definition) is 0. The van der Waals surface area contributed by atoms with Gasteiger partial charge in [0.25, 0.3) is 0 Å². The monoisotopic (exact) mass is 632 g/mol. The quantitative estimate of drug-likeness (QED) is 0.169. The van der Waals surface area contributed by atoms with Gasteiger partial charge in [-0.05, 0) is 141 Å². The molecule has 50 heavy (non-hydrogen) atoms. The Morgan fingerprint density at radius 1 is 0.160 bits per heavy atom. The molecule has 0 aromatic heterocycles. The van der Waals surface area contributed by atoms with E-state index in [1.807, 2.05) is 0 Å². The molecule has 10 aromatic carbocycles. The van der Waals surface area contributed by atoms with E-state index in [4.69, 9.17) is 0 Å². The van der Waals surface area contributed by atoms with Gasteiger partial charge in [-0.1, -0.05) is 152 Å². The molecule has 0 nitrogen and oxygen atoms in total. The highest BCUT2D eigenvalue weighted by atomic mass is 14.1. The molecule has 0 radical (unpaired) electrons. The van der Waals surface area contributed by atoms with Crippen molar-refractivity contribution in [3.05, 3.63) is 194 Å². The SMILES string of the molecule is c1cc(-c2ccc3ccc(-c4ccc5ccccc5c4)cc3c2)cc(-c2ccc3c(ccc4cc(-c5ccc6ccccc6c5)ccc43)c2)c1. The number of hydrogen-bond donors (Lipinski definition) is 0. The topological polar surface area (TPSA) is 0 Å². The minimum atomic E-state index is 1.22. The van der Waals surface area contributed by atoms with Gasteiger partial charge in [0.05, 0.1) is 0 Å². The maximum atomic E-state index is 2.33. The fourth-order valence-corrected chi connectivity index (χ4v) is 7.65. The first kappa shape index (κ1) is 28.5. The molecule has 0 atom stereocenters. The molecule has 0 unspecified atom stereocenters. The van der Waals surface area contributed by atoms with E-state index in [-0.39, 0.29) is 0 Å². The fourth-order valence-electron chi connectivity index (χ4n) is 7.65. The Bertz CT molecular complexity index is 2930. The summed E-state index contributed by atoms with van der Waals surface area (Å²) in [6.07, 6.45) is 0. The van der Waals surface area contributed by atoms with Gasteiger partial charge in [0, 0.05) is 0 Å². The zero-order valence-corrected chi connectivity index (χ0v) is 27.5. The van der Waals surface area contributed by atoms with Crippen molar-refractivity contribution in [2.75, 3.05) is 0 Å². The predicted octanol–water partition coefficient (Wildman–Crippen LogP) is 14.1.